The van der Waals surface area contributed by atoms with Gasteiger partial charge in [0, 0.05) is 23.9 Å². The molecule has 0 aliphatic carbocycles. The number of carbonyl (C=O) groups is 1. The second-order valence-electron chi connectivity index (χ2n) is 4.06. The van der Waals surface area contributed by atoms with Crippen molar-refractivity contribution < 1.29 is 19.8 Å². The summed E-state index contributed by atoms with van der Waals surface area (Å²) in [6.45, 7) is 1.95. The predicted molar refractivity (Wildman–Crippen MR) is 61.3 cm³/mol. The van der Waals surface area contributed by atoms with Crippen molar-refractivity contribution in [2.45, 2.75) is 26.1 Å². The van der Waals surface area contributed by atoms with E-state index in [4.69, 9.17) is 4.84 Å². The third-order valence-corrected chi connectivity index (χ3v) is 2.87. The molecule has 1 saturated heterocycles. The fraction of sp³-hybridized carbons (Fsp3) is 0.455. The molecule has 2 heterocycles. The molecule has 1 unspecified atom stereocenters. The molecule has 1 aliphatic rings. The Balaban J connectivity index is 2.12. The number of pyridine rings is 1. The molecule has 0 radical (unpaired) electrons. The van der Waals surface area contributed by atoms with E-state index < -0.39 is 6.04 Å². The van der Waals surface area contributed by atoms with Crippen LogP contribution in [0.2, 0.25) is 0 Å². The van der Waals surface area contributed by atoms with Crippen molar-refractivity contribution in [2.24, 2.45) is 0 Å². The number of hydrogen-bond donors (Lipinski definition) is 4. The molecule has 0 aromatic carbocycles. The number of amides is 1. The number of nitrogens with zero attached hydrogens (tertiary/aromatic N) is 1. The number of aromatic hydroxyl groups is 1. The number of rotatable bonds is 4. The number of aryl methyl sites for hydroxylation is 1. The lowest BCUT2D eigenvalue weighted by Crippen LogP contribution is -2.37. The van der Waals surface area contributed by atoms with Crippen LogP contribution in [-0.4, -0.2) is 33.8 Å². The largest absolute Gasteiger partial charge is 0.506 e. The zero-order chi connectivity index (χ0) is 13.1. The van der Waals surface area contributed by atoms with Crippen LogP contribution in [0.25, 0.3) is 0 Å². The highest BCUT2D eigenvalue weighted by Gasteiger charge is 2.25. The first-order valence-electron chi connectivity index (χ1n) is 5.55. The maximum Gasteiger partial charge on any atom is 0.263 e. The third-order valence-electron chi connectivity index (χ3n) is 2.87. The summed E-state index contributed by atoms with van der Waals surface area (Å²) in [5.74, 6) is -0.209. The van der Waals surface area contributed by atoms with Gasteiger partial charge >= 0.3 is 0 Å². The number of hydrogen-bond acceptors (Lipinski definition) is 6. The maximum absolute atomic E-state index is 11.3. The van der Waals surface area contributed by atoms with Gasteiger partial charge in [0.05, 0.1) is 18.9 Å². The van der Waals surface area contributed by atoms with Crippen LogP contribution in [-0.2, 0) is 22.8 Å². The van der Waals surface area contributed by atoms with Gasteiger partial charge in [0.15, 0.2) is 0 Å². The zero-order valence-electron chi connectivity index (χ0n) is 9.93. The standard InChI is InChI=1S/C11H15N3O4/c1-6-10(16)8(7(4-15)2-12-6)3-13-9-5-18-14-11(9)17/h2,9,13,15-16H,3-5H2,1H3,(H,14,17). The van der Waals surface area contributed by atoms with E-state index >= 15 is 0 Å². The molecule has 1 aliphatic heterocycles. The summed E-state index contributed by atoms with van der Waals surface area (Å²) in [6, 6.07) is -0.454. The monoisotopic (exact) mass is 253 g/mol. The molecule has 7 nitrogen and oxygen atoms in total. The summed E-state index contributed by atoms with van der Waals surface area (Å²) in [5, 5.41) is 22.1. The summed E-state index contributed by atoms with van der Waals surface area (Å²) in [4.78, 5) is 20.0. The molecule has 98 valence electrons. The first-order chi connectivity index (χ1) is 8.63. The number of nitrogens with one attached hydrogen (secondary N) is 2. The second-order valence-corrected chi connectivity index (χ2v) is 4.06. The van der Waals surface area contributed by atoms with Gasteiger partial charge in [-0.15, -0.1) is 0 Å². The van der Waals surface area contributed by atoms with Crippen LogP contribution in [0.4, 0.5) is 0 Å². The van der Waals surface area contributed by atoms with Crippen LogP contribution in [0.3, 0.4) is 0 Å². The Kier molecular flexibility index (Phi) is 3.75. The molecular weight excluding hydrogens is 238 g/mol. The Hall–Kier alpha value is -1.70. The van der Waals surface area contributed by atoms with Crippen LogP contribution in [0, 0.1) is 6.92 Å². The summed E-state index contributed by atoms with van der Waals surface area (Å²) in [7, 11) is 0. The fourth-order valence-electron chi connectivity index (χ4n) is 1.74. The first-order valence-corrected chi connectivity index (χ1v) is 5.55. The lowest BCUT2D eigenvalue weighted by molar-refractivity contribution is -0.125. The average molecular weight is 253 g/mol. The summed E-state index contributed by atoms with van der Waals surface area (Å²) in [5.41, 5.74) is 3.80. The van der Waals surface area contributed by atoms with E-state index in [-0.39, 0.29) is 31.4 Å². The predicted octanol–water partition coefficient (Wildman–Crippen LogP) is -0.892. The van der Waals surface area contributed by atoms with Gasteiger partial charge in [0.2, 0.25) is 0 Å². The van der Waals surface area contributed by atoms with Crippen LogP contribution in [0.15, 0.2) is 6.20 Å². The van der Waals surface area contributed by atoms with E-state index in [2.05, 4.69) is 15.8 Å². The highest BCUT2D eigenvalue weighted by atomic mass is 16.7. The smallest absolute Gasteiger partial charge is 0.263 e. The highest BCUT2D eigenvalue weighted by molar-refractivity contribution is 5.82. The van der Waals surface area contributed by atoms with Crippen LogP contribution in [0.5, 0.6) is 5.75 Å². The molecular formula is C11H15N3O4. The van der Waals surface area contributed by atoms with Crippen molar-refractivity contribution in [3.8, 4) is 5.75 Å². The fourth-order valence-corrected chi connectivity index (χ4v) is 1.74. The Morgan fingerprint density at radius 2 is 2.44 bits per heavy atom. The van der Waals surface area contributed by atoms with Crippen molar-refractivity contribution >= 4 is 5.91 Å². The lowest BCUT2D eigenvalue weighted by Gasteiger charge is -2.13. The van der Waals surface area contributed by atoms with Crippen LogP contribution in [0.1, 0.15) is 16.8 Å². The number of aromatic nitrogens is 1. The lowest BCUT2D eigenvalue weighted by atomic mass is 10.1. The van der Waals surface area contributed by atoms with E-state index in [0.717, 1.165) is 0 Å². The van der Waals surface area contributed by atoms with Crippen molar-refractivity contribution in [3.05, 3.63) is 23.0 Å². The minimum absolute atomic E-state index is 0.0355. The quantitative estimate of drug-likeness (QED) is 0.555. The molecule has 0 spiro atoms. The molecule has 1 amide bonds. The van der Waals surface area contributed by atoms with Crippen molar-refractivity contribution in [2.75, 3.05) is 6.61 Å². The van der Waals surface area contributed by atoms with E-state index in [9.17, 15) is 15.0 Å². The molecule has 1 aromatic heterocycles. The third kappa shape index (κ3) is 2.42. The SMILES string of the molecule is Cc1ncc(CO)c(CNC2CONC2=O)c1O. The Bertz CT molecular complexity index is 464. The molecule has 2 rings (SSSR count). The maximum atomic E-state index is 11.3. The Morgan fingerprint density at radius 3 is 3.06 bits per heavy atom. The Labute approximate surface area is 104 Å². The van der Waals surface area contributed by atoms with Gasteiger partial charge in [-0.05, 0) is 6.92 Å². The Morgan fingerprint density at radius 1 is 1.67 bits per heavy atom. The number of carbonyl (C=O) groups excluding carboxylic acids is 1. The van der Waals surface area contributed by atoms with E-state index in [1.54, 1.807) is 6.92 Å². The van der Waals surface area contributed by atoms with Gasteiger partial charge in [-0.3, -0.25) is 19.9 Å². The van der Waals surface area contributed by atoms with Crippen molar-refractivity contribution in [1.82, 2.24) is 15.8 Å². The van der Waals surface area contributed by atoms with Crippen LogP contribution >= 0.6 is 0 Å². The van der Waals surface area contributed by atoms with Crippen molar-refractivity contribution in [3.63, 3.8) is 0 Å². The minimum Gasteiger partial charge on any atom is -0.506 e. The van der Waals surface area contributed by atoms with Crippen LogP contribution < -0.4 is 10.8 Å². The molecule has 1 aromatic rings. The summed E-state index contributed by atoms with van der Waals surface area (Å²) < 4.78 is 0. The highest BCUT2D eigenvalue weighted by Crippen LogP contribution is 2.23. The number of hydroxylamine groups is 1. The van der Waals surface area contributed by atoms with Crippen molar-refractivity contribution in [1.29, 1.82) is 0 Å². The molecule has 4 N–H and O–H groups in total. The summed E-state index contributed by atoms with van der Waals surface area (Å²) in [6.07, 6.45) is 1.51. The molecule has 1 atom stereocenters. The molecule has 0 saturated carbocycles. The van der Waals surface area contributed by atoms with Gasteiger partial charge < -0.3 is 10.2 Å². The van der Waals surface area contributed by atoms with Gasteiger partial charge in [0.1, 0.15) is 11.8 Å². The summed E-state index contributed by atoms with van der Waals surface area (Å²) >= 11 is 0. The van der Waals surface area contributed by atoms with E-state index in [1.165, 1.54) is 6.20 Å². The van der Waals surface area contributed by atoms with Gasteiger partial charge in [0.25, 0.3) is 5.91 Å². The normalized spacial score (nSPS) is 19.0. The first kappa shape index (κ1) is 12.7. The number of aliphatic hydroxyl groups is 1. The zero-order valence-corrected chi connectivity index (χ0v) is 9.93. The van der Waals surface area contributed by atoms with Gasteiger partial charge in [-0.2, -0.15) is 0 Å². The topological polar surface area (TPSA) is 104 Å². The molecule has 18 heavy (non-hydrogen) atoms. The average Bonchev–Trinajstić information content (AvgIpc) is 2.77. The molecule has 1 fully saturated rings. The van der Waals surface area contributed by atoms with E-state index in [1.807, 2.05) is 0 Å². The van der Waals surface area contributed by atoms with Gasteiger partial charge in [-0.25, -0.2) is 5.48 Å². The molecule has 7 heteroatoms. The molecule has 0 bridgehead atoms. The second kappa shape index (κ2) is 5.30. The number of aliphatic hydroxyl groups excluding tert-OH is 1. The minimum atomic E-state index is -0.454. The van der Waals surface area contributed by atoms with Gasteiger partial charge in [-0.1, -0.05) is 0 Å². The van der Waals surface area contributed by atoms with E-state index in [0.29, 0.717) is 16.8 Å².